The van der Waals surface area contributed by atoms with E-state index >= 15 is 0 Å². The van der Waals surface area contributed by atoms with Crippen LogP contribution in [0.3, 0.4) is 0 Å². The number of aliphatic hydroxyl groups excluding tert-OH is 1. The Balaban J connectivity index is 2.15. The molecule has 0 aliphatic heterocycles. The van der Waals surface area contributed by atoms with Gasteiger partial charge in [0.25, 0.3) is 0 Å². The number of hydrogen-bond acceptors (Lipinski definition) is 1. The van der Waals surface area contributed by atoms with E-state index in [-0.39, 0.29) is 5.41 Å². The van der Waals surface area contributed by atoms with Gasteiger partial charge in [0.05, 0.1) is 6.10 Å². The third-order valence-corrected chi connectivity index (χ3v) is 3.87. The minimum atomic E-state index is -0.444. The molecule has 0 bridgehead atoms. The molecular weight excluding hydrogens is 256 g/mol. The first kappa shape index (κ1) is 15.8. The molecule has 0 heterocycles. The van der Waals surface area contributed by atoms with Gasteiger partial charge in [-0.3, -0.25) is 0 Å². The van der Waals surface area contributed by atoms with Crippen molar-refractivity contribution in [2.24, 2.45) is 0 Å². The van der Waals surface area contributed by atoms with Crippen molar-refractivity contribution in [1.82, 2.24) is 0 Å². The zero-order valence-electron chi connectivity index (χ0n) is 13.8. The topological polar surface area (TPSA) is 20.2 Å². The molecule has 2 aromatic rings. The van der Waals surface area contributed by atoms with Crippen molar-refractivity contribution >= 4 is 0 Å². The van der Waals surface area contributed by atoms with Gasteiger partial charge in [-0.1, -0.05) is 74.4 Å². The van der Waals surface area contributed by atoms with Gasteiger partial charge in [0.1, 0.15) is 0 Å². The molecule has 0 saturated heterocycles. The summed E-state index contributed by atoms with van der Waals surface area (Å²) >= 11 is 0. The molecule has 1 nitrogen and oxygen atoms in total. The monoisotopic (exact) mass is 282 g/mol. The summed E-state index contributed by atoms with van der Waals surface area (Å²) in [5.74, 6) is 0. The molecule has 1 atom stereocenters. The van der Waals surface area contributed by atoms with Gasteiger partial charge < -0.3 is 5.11 Å². The van der Waals surface area contributed by atoms with Crippen LogP contribution in [0, 0.1) is 13.8 Å². The standard InChI is InChI=1S/C20H26O/c1-14-10-15(2)12-16(11-14)13-19(21)17-6-8-18(9-7-17)20(3,4)5/h6-12,19,21H,13H2,1-5H3. The van der Waals surface area contributed by atoms with Crippen molar-refractivity contribution in [1.29, 1.82) is 0 Å². The van der Waals surface area contributed by atoms with Gasteiger partial charge in [-0.25, -0.2) is 0 Å². The van der Waals surface area contributed by atoms with E-state index in [1.54, 1.807) is 0 Å². The van der Waals surface area contributed by atoms with Gasteiger partial charge in [0.2, 0.25) is 0 Å². The lowest BCUT2D eigenvalue weighted by atomic mass is 9.86. The molecule has 0 fully saturated rings. The van der Waals surface area contributed by atoms with Crippen LogP contribution in [0.1, 0.15) is 54.7 Å². The minimum Gasteiger partial charge on any atom is -0.388 e. The van der Waals surface area contributed by atoms with E-state index in [0.717, 1.165) is 5.56 Å². The molecule has 1 unspecified atom stereocenters. The van der Waals surface area contributed by atoms with E-state index < -0.39 is 6.10 Å². The Hall–Kier alpha value is -1.60. The van der Waals surface area contributed by atoms with E-state index in [4.69, 9.17) is 0 Å². The second-order valence-corrected chi connectivity index (χ2v) is 7.09. The second-order valence-electron chi connectivity index (χ2n) is 7.09. The van der Waals surface area contributed by atoms with Crippen molar-refractivity contribution in [2.45, 2.75) is 52.6 Å². The maximum atomic E-state index is 10.4. The van der Waals surface area contributed by atoms with Crippen LogP contribution in [-0.4, -0.2) is 5.11 Å². The van der Waals surface area contributed by atoms with Crippen LogP contribution in [0.5, 0.6) is 0 Å². The fourth-order valence-corrected chi connectivity index (χ4v) is 2.73. The summed E-state index contributed by atoms with van der Waals surface area (Å²) in [6.45, 7) is 10.8. The van der Waals surface area contributed by atoms with Crippen molar-refractivity contribution in [2.75, 3.05) is 0 Å². The lowest BCUT2D eigenvalue weighted by molar-refractivity contribution is 0.178. The van der Waals surface area contributed by atoms with Crippen molar-refractivity contribution in [3.8, 4) is 0 Å². The Morgan fingerprint density at radius 3 is 1.90 bits per heavy atom. The minimum absolute atomic E-state index is 0.150. The maximum absolute atomic E-state index is 10.4. The fraction of sp³-hybridized carbons (Fsp3) is 0.400. The van der Waals surface area contributed by atoms with Gasteiger partial charge in [0.15, 0.2) is 0 Å². The van der Waals surface area contributed by atoms with Gasteiger partial charge in [-0.05, 0) is 36.0 Å². The molecule has 2 aromatic carbocycles. The zero-order valence-corrected chi connectivity index (χ0v) is 13.8. The second kappa shape index (κ2) is 6.03. The van der Waals surface area contributed by atoms with Crippen molar-refractivity contribution < 1.29 is 5.11 Å². The van der Waals surface area contributed by atoms with E-state index in [2.05, 4.69) is 65.0 Å². The van der Waals surface area contributed by atoms with Gasteiger partial charge in [-0.2, -0.15) is 0 Å². The Kier molecular flexibility index (Phi) is 4.53. The van der Waals surface area contributed by atoms with Gasteiger partial charge in [0, 0.05) is 6.42 Å². The molecule has 0 saturated carbocycles. The van der Waals surface area contributed by atoms with Crippen LogP contribution in [-0.2, 0) is 11.8 Å². The van der Waals surface area contributed by atoms with Crippen LogP contribution in [0.4, 0.5) is 0 Å². The first-order valence-corrected chi connectivity index (χ1v) is 7.61. The number of hydrogen-bond donors (Lipinski definition) is 1. The first-order valence-electron chi connectivity index (χ1n) is 7.61. The summed E-state index contributed by atoms with van der Waals surface area (Å²) in [6.07, 6.45) is 0.220. The number of benzene rings is 2. The molecular formula is C20H26O. The Morgan fingerprint density at radius 2 is 1.43 bits per heavy atom. The molecule has 0 aromatic heterocycles. The third-order valence-electron chi connectivity index (χ3n) is 3.87. The Labute approximate surface area is 128 Å². The smallest absolute Gasteiger partial charge is 0.0830 e. The maximum Gasteiger partial charge on any atom is 0.0830 e. The quantitative estimate of drug-likeness (QED) is 0.851. The molecule has 0 aliphatic rings. The summed E-state index contributed by atoms with van der Waals surface area (Å²) < 4.78 is 0. The number of rotatable bonds is 3. The average molecular weight is 282 g/mol. The van der Waals surface area contributed by atoms with Gasteiger partial charge in [-0.15, -0.1) is 0 Å². The molecule has 21 heavy (non-hydrogen) atoms. The largest absolute Gasteiger partial charge is 0.388 e. The molecule has 0 aliphatic carbocycles. The molecule has 0 spiro atoms. The highest BCUT2D eigenvalue weighted by molar-refractivity contribution is 5.32. The van der Waals surface area contributed by atoms with Crippen molar-refractivity contribution in [3.05, 3.63) is 70.3 Å². The van der Waals surface area contributed by atoms with E-state index in [1.807, 2.05) is 12.1 Å². The molecule has 0 amide bonds. The van der Waals surface area contributed by atoms with Crippen LogP contribution in [0.2, 0.25) is 0 Å². The van der Waals surface area contributed by atoms with E-state index in [0.29, 0.717) is 6.42 Å². The summed E-state index contributed by atoms with van der Waals surface area (Å²) in [7, 11) is 0. The lowest BCUT2D eigenvalue weighted by Crippen LogP contribution is -2.11. The summed E-state index contributed by atoms with van der Waals surface area (Å²) in [6, 6.07) is 14.8. The highest BCUT2D eigenvalue weighted by Crippen LogP contribution is 2.25. The number of aryl methyl sites for hydroxylation is 2. The Morgan fingerprint density at radius 1 is 0.905 bits per heavy atom. The molecule has 112 valence electrons. The summed E-state index contributed by atoms with van der Waals surface area (Å²) in [4.78, 5) is 0. The van der Waals surface area contributed by atoms with E-state index in [1.165, 1.54) is 22.3 Å². The molecule has 0 radical (unpaired) electrons. The summed E-state index contributed by atoms with van der Waals surface area (Å²) in [5, 5.41) is 10.4. The highest BCUT2D eigenvalue weighted by atomic mass is 16.3. The fourth-order valence-electron chi connectivity index (χ4n) is 2.73. The van der Waals surface area contributed by atoms with Crippen LogP contribution in [0.25, 0.3) is 0 Å². The molecule has 1 N–H and O–H groups in total. The lowest BCUT2D eigenvalue weighted by Gasteiger charge is -2.20. The third kappa shape index (κ3) is 4.18. The Bertz CT molecular complexity index is 582. The number of aliphatic hydroxyl groups is 1. The SMILES string of the molecule is Cc1cc(C)cc(CC(O)c2ccc(C(C)(C)C)cc2)c1. The zero-order chi connectivity index (χ0) is 15.6. The van der Waals surface area contributed by atoms with Crippen molar-refractivity contribution in [3.63, 3.8) is 0 Å². The predicted molar refractivity (Wildman–Crippen MR) is 89.7 cm³/mol. The van der Waals surface area contributed by atoms with Crippen LogP contribution < -0.4 is 0 Å². The van der Waals surface area contributed by atoms with Gasteiger partial charge >= 0.3 is 0 Å². The van der Waals surface area contributed by atoms with E-state index in [9.17, 15) is 5.11 Å². The molecule has 2 rings (SSSR count). The normalized spacial score (nSPS) is 13.2. The first-order chi connectivity index (χ1) is 9.75. The highest BCUT2D eigenvalue weighted by Gasteiger charge is 2.15. The van der Waals surface area contributed by atoms with Crippen LogP contribution in [0.15, 0.2) is 42.5 Å². The average Bonchev–Trinajstić information content (AvgIpc) is 2.36. The summed E-state index contributed by atoms with van der Waals surface area (Å²) in [5.41, 5.74) is 6.13. The predicted octanol–water partition coefficient (Wildman–Crippen LogP) is 4.88. The molecule has 1 heteroatoms. The van der Waals surface area contributed by atoms with Crippen LogP contribution >= 0.6 is 0 Å².